The van der Waals surface area contributed by atoms with E-state index in [1.54, 1.807) is 25.3 Å². The number of nitrogens with zero attached hydrogens (tertiary/aromatic N) is 1. The number of pyridine rings is 1. The van der Waals surface area contributed by atoms with Crippen LogP contribution in [0.2, 0.25) is 0 Å². The Bertz CT molecular complexity index is 599. The van der Waals surface area contributed by atoms with Gasteiger partial charge in [-0.2, -0.15) is 0 Å². The van der Waals surface area contributed by atoms with Crippen molar-refractivity contribution < 1.29 is 9.53 Å². The fourth-order valence-electron chi connectivity index (χ4n) is 1.89. The van der Waals surface area contributed by atoms with Gasteiger partial charge < -0.3 is 10.1 Å². The molecule has 1 aromatic heterocycles. The predicted molar refractivity (Wildman–Crippen MR) is 81.4 cm³/mol. The zero-order valence-electron chi connectivity index (χ0n) is 11.7. The summed E-state index contributed by atoms with van der Waals surface area (Å²) in [7, 11) is 0. The summed E-state index contributed by atoms with van der Waals surface area (Å²) in [6, 6.07) is 14.2. The summed E-state index contributed by atoms with van der Waals surface area (Å²) in [6.07, 6.45) is 1.65. The van der Waals surface area contributed by atoms with E-state index in [9.17, 15) is 4.79 Å². The number of carbonyl (C=O) groups excluding carboxylic acids is 1. The molecule has 1 atom stereocenters. The van der Waals surface area contributed by atoms with Crippen LogP contribution in [0.5, 0.6) is 0 Å². The largest absolute Gasteiger partial charge is 0.461 e. The Morgan fingerprint density at radius 1 is 1.24 bits per heavy atom. The summed E-state index contributed by atoms with van der Waals surface area (Å²) in [5.74, 6) is -0.0322. The van der Waals surface area contributed by atoms with E-state index in [2.05, 4.69) is 10.3 Å². The number of anilines is 1. The normalized spacial score (nSPS) is 11.5. The van der Waals surface area contributed by atoms with Crippen LogP contribution in [0, 0.1) is 5.41 Å². The Balaban J connectivity index is 2.27. The van der Waals surface area contributed by atoms with Crippen molar-refractivity contribution in [2.45, 2.75) is 13.0 Å². The highest BCUT2D eigenvalue weighted by Gasteiger charge is 2.24. The number of benzene rings is 1. The molecule has 1 heterocycles. The molecular weight excluding hydrogens is 266 g/mol. The lowest BCUT2D eigenvalue weighted by molar-refractivity contribution is -0.135. The molecule has 2 rings (SSSR count). The van der Waals surface area contributed by atoms with Gasteiger partial charge in [0.25, 0.3) is 0 Å². The second kappa shape index (κ2) is 7.19. The average molecular weight is 283 g/mol. The highest BCUT2D eigenvalue weighted by molar-refractivity contribution is 6.37. The van der Waals surface area contributed by atoms with Crippen molar-refractivity contribution in [2.24, 2.45) is 0 Å². The van der Waals surface area contributed by atoms with Crippen molar-refractivity contribution in [2.75, 3.05) is 11.9 Å². The van der Waals surface area contributed by atoms with Crippen molar-refractivity contribution in [3.63, 3.8) is 0 Å². The van der Waals surface area contributed by atoms with E-state index < -0.39 is 12.0 Å². The number of nitrogens with one attached hydrogen (secondary N) is 2. The Hall–Kier alpha value is -2.69. The third-order valence-corrected chi connectivity index (χ3v) is 2.87. The molecule has 2 N–H and O–H groups in total. The monoisotopic (exact) mass is 283 g/mol. The van der Waals surface area contributed by atoms with Gasteiger partial charge in [0.15, 0.2) is 0 Å². The minimum Gasteiger partial charge on any atom is -0.461 e. The molecule has 0 radical (unpaired) electrons. The molecule has 0 spiro atoms. The highest BCUT2D eigenvalue weighted by Crippen LogP contribution is 2.19. The number of ether oxygens (including phenoxy) is 1. The van der Waals surface area contributed by atoms with E-state index in [1.807, 2.05) is 36.4 Å². The van der Waals surface area contributed by atoms with Gasteiger partial charge in [0.2, 0.25) is 0 Å². The Labute approximate surface area is 123 Å². The topological polar surface area (TPSA) is 75.1 Å². The van der Waals surface area contributed by atoms with Crippen LogP contribution >= 0.6 is 0 Å². The minimum atomic E-state index is -0.630. The molecule has 0 fully saturated rings. The third-order valence-electron chi connectivity index (χ3n) is 2.87. The number of hydrogen-bond donors (Lipinski definition) is 2. The highest BCUT2D eigenvalue weighted by atomic mass is 16.5. The molecule has 0 bridgehead atoms. The van der Waals surface area contributed by atoms with Crippen LogP contribution in [-0.4, -0.2) is 23.3 Å². The van der Waals surface area contributed by atoms with E-state index in [-0.39, 0.29) is 12.3 Å². The first-order valence-electron chi connectivity index (χ1n) is 6.70. The molecule has 5 nitrogen and oxygen atoms in total. The maximum atomic E-state index is 11.8. The molecule has 0 aliphatic carbocycles. The van der Waals surface area contributed by atoms with Crippen molar-refractivity contribution >= 4 is 17.5 Å². The van der Waals surface area contributed by atoms with Crippen LogP contribution in [0.15, 0.2) is 54.7 Å². The second-order valence-corrected chi connectivity index (χ2v) is 4.34. The van der Waals surface area contributed by atoms with Crippen LogP contribution in [0.4, 0.5) is 5.82 Å². The quantitative estimate of drug-likeness (QED) is 0.631. The van der Waals surface area contributed by atoms with Gasteiger partial charge in [-0.1, -0.05) is 36.4 Å². The summed E-state index contributed by atoms with van der Waals surface area (Å²) < 4.78 is 4.92. The summed E-state index contributed by atoms with van der Waals surface area (Å²) in [5.41, 5.74) is 0.662. The average Bonchev–Trinajstić information content (AvgIpc) is 2.54. The molecule has 21 heavy (non-hydrogen) atoms. The van der Waals surface area contributed by atoms with E-state index >= 15 is 0 Å². The first-order valence-corrected chi connectivity index (χ1v) is 6.70. The zero-order valence-corrected chi connectivity index (χ0v) is 11.7. The lowest BCUT2D eigenvalue weighted by atomic mass is 10.0. The molecule has 2 aromatic rings. The molecular formula is C16H17N3O2. The first kappa shape index (κ1) is 14.7. The molecule has 5 heteroatoms. The van der Waals surface area contributed by atoms with Gasteiger partial charge in [0, 0.05) is 6.20 Å². The van der Waals surface area contributed by atoms with Crippen molar-refractivity contribution in [3.05, 3.63) is 60.3 Å². The molecule has 1 unspecified atom stereocenters. The lowest BCUT2D eigenvalue weighted by Gasteiger charge is -2.19. The summed E-state index contributed by atoms with van der Waals surface area (Å²) in [4.78, 5) is 16.0. The van der Waals surface area contributed by atoms with Crippen LogP contribution in [0.1, 0.15) is 18.5 Å². The molecule has 0 aliphatic rings. The van der Waals surface area contributed by atoms with Gasteiger partial charge in [-0.05, 0) is 24.6 Å². The summed E-state index contributed by atoms with van der Waals surface area (Å²) in [6.45, 7) is 1.96. The Kier molecular flexibility index (Phi) is 5.04. The Morgan fingerprint density at radius 2 is 1.95 bits per heavy atom. The third kappa shape index (κ3) is 3.89. The first-order chi connectivity index (χ1) is 10.2. The number of aromatic nitrogens is 1. The molecule has 0 amide bonds. The smallest absolute Gasteiger partial charge is 0.354 e. The standard InChI is InChI=1S/C16H17N3O2/c1-2-21-16(20)14(17)15(12-8-4-3-5-9-12)19-13-10-6-7-11-18-13/h3-11,15,17H,2H2,1H3,(H,18,19). The van der Waals surface area contributed by atoms with Crippen molar-refractivity contribution in [3.8, 4) is 0 Å². The van der Waals surface area contributed by atoms with Crippen LogP contribution in [0.25, 0.3) is 0 Å². The SMILES string of the molecule is CCOC(=O)C(=N)C(Nc1ccccn1)c1ccccc1. The van der Waals surface area contributed by atoms with Crippen molar-refractivity contribution in [1.82, 2.24) is 4.98 Å². The van der Waals surface area contributed by atoms with E-state index in [4.69, 9.17) is 10.1 Å². The molecule has 0 saturated heterocycles. The number of carbonyl (C=O) groups is 1. The number of hydrogen-bond acceptors (Lipinski definition) is 5. The molecule has 1 aromatic carbocycles. The van der Waals surface area contributed by atoms with Crippen LogP contribution in [0.3, 0.4) is 0 Å². The van der Waals surface area contributed by atoms with E-state index in [0.29, 0.717) is 5.82 Å². The van der Waals surface area contributed by atoms with Gasteiger partial charge >= 0.3 is 5.97 Å². The van der Waals surface area contributed by atoms with E-state index in [0.717, 1.165) is 5.56 Å². The number of rotatable bonds is 6. The molecule has 0 aliphatic heterocycles. The Morgan fingerprint density at radius 3 is 2.57 bits per heavy atom. The minimum absolute atomic E-state index is 0.145. The fourth-order valence-corrected chi connectivity index (χ4v) is 1.89. The number of esters is 1. The maximum absolute atomic E-state index is 11.8. The molecule has 108 valence electrons. The van der Waals surface area contributed by atoms with Gasteiger partial charge in [0.1, 0.15) is 17.6 Å². The van der Waals surface area contributed by atoms with Crippen LogP contribution < -0.4 is 5.32 Å². The molecule has 0 saturated carbocycles. The van der Waals surface area contributed by atoms with Gasteiger partial charge in [-0.15, -0.1) is 0 Å². The van der Waals surface area contributed by atoms with Crippen LogP contribution in [-0.2, 0) is 9.53 Å². The summed E-state index contributed by atoms with van der Waals surface area (Å²) >= 11 is 0. The van der Waals surface area contributed by atoms with Gasteiger partial charge in [0.05, 0.1) is 6.61 Å². The fraction of sp³-hybridized carbons (Fsp3) is 0.188. The van der Waals surface area contributed by atoms with Gasteiger partial charge in [-0.25, -0.2) is 9.78 Å². The second-order valence-electron chi connectivity index (χ2n) is 4.34. The zero-order chi connectivity index (χ0) is 15.1. The lowest BCUT2D eigenvalue weighted by Crippen LogP contribution is -2.29. The van der Waals surface area contributed by atoms with Crippen molar-refractivity contribution in [1.29, 1.82) is 5.41 Å². The summed E-state index contributed by atoms with van der Waals surface area (Å²) in [5, 5.41) is 11.2. The maximum Gasteiger partial charge on any atom is 0.354 e. The predicted octanol–water partition coefficient (Wildman–Crippen LogP) is 2.82. The van der Waals surface area contributed by atoms with E-state index in [1.165, 1.54) is 0 Å². The van der Waals surface area contributed by atoms with Gasteiger partial charge in [-0.3, -0.25) is 5.41 Å².